The Bertz CT molecular complexity index is 315. The molecule has 0 saturated heterocycles. The molecule has 1 aromatic heterocycles. The van der Waals surface area contributed by atoms with Crippen molar-refractivity contribution < 1.29 is 8.78 Å². The summed E-state index contributed by atoms with van der Waals surface area (Å²) in [6.07, 6.45) is -2.59. The van der Waals surface area contributed by atoms with E-state index in [9.17, 15) is 8.78 Å². The van der Waals surface area contributed by atoms with Gasteiger partial charge in [0.15, 0.2) is 0 Å². The Hall–Kier alpha value is -0.410. The molecule has 72 valence electrons. The average molecular weight is 226 g/mol. The molecule has 0 radical (unpaired) electrons. The van der Waals surface area contributed by atoms with Crippen LogP contribution >= 0.6 is 23.2 Å². The molecule has 1 heterocycles. The SMILES string of the molecule is Cc1nc(CCl)cc(C(F)F)c1Cl. The van der Waals surface area contributed by atoms with Crippen molar-refractivity contribution >= 4 is 23.2 Å². The van der Waals surface area contributed by atoms with Crippen LogP contribution in [0.4, 0.5) is 8.78 Å². The minimum absolute atomic E-state index is 0.0175. The number of nitrogens with zero attached hydrogens (tertiary/aromatic N) is 1. The summed E-state index contributed by atoms with van der Waals surface area (Å²) in [6.45, 7) is 1.57. The second kappa shape index (κ2) is 4.20. The van der Waals surface area contributed by atoms with Crippen LogP contribution in [0.5, 0.6) is 0 Å². The Morgan fingerprint density at radius 2 is 2.15 bits per heavy atom. The van der Waals surface area contributed by atoms with Gasteiger partial charge in [-0.3, -0.25) is 4.98 Å². The molecule has 1 rings (SSSR count). The summed E-state index contributed by atoms with van der Waals surface area (Å²) in [5.41, 5.74) is 0.596. The molecular weight excluding hydrogens is 219 g/mol. The number of hydrogen-bond donors (Lipinski definition) is 0. The van der Waals surface area contributed by atoms with Gasteiger partial charge in [0.05, 0.1) is 22.3 Å². The van der Waals surface area contributed by atoms with Crippen LogP contribution in [0.3, 0.4) is 0 Å². The van der Waals surface area contributed by atoms with Crippen LogP contribution < -0.4 is 0 Å². The largest absolute Gasteiger partial charge is 0.265 e. The van der Waals surface area contributed by atoms with Crippen molar-refractivity contribution in [2.75, 3.05) is 0 Å². The third-order valence-corrected chi connectivity index (χ3v) is 2.34. The molecule has 0 saturated carbocycles. The van der Waals surface area contributed by atoms with Gasteiger partial charge in [-0.15, -0.1) is 11.6 Å². The molecule has 0 unspecified atom stereocenters. The summed E-state index contributed by atoms with van der Waals surface area (Å²) < 4.78 is 24.7. The first kappa shape index (κ1) is 10.7. The van der Waals surface area contributed by atoms with E-state index in [1.54, 1.807) is 6.92 Å². The predicted molar refractivity (Wildman–Crippen MR) is 48.5 cm³/mol. The van der Waals surface area contributed by atoms with E-state index in [1.807, 2.05) is 0 Å². The summed E-state index contributed by atoms with van der Waals surface area (Å²) >= 11 is 11.1. The molecule has 5 heteroatoms. The Morgan fingerprint density at radius 3 is 2.62 bits per heavy atom. The number of aryl methyl sites for hydroxylation is 1. The maximum Gasteiger partial charge on any atom is 0.265 e. The van der Waals surface area contributed by atoms with Gasteiger partial charge in [0.2, 0.25) is 0 Å². The van der Waals surface area contributed by atoms with Crippen molar-refractivity contribution in [1.82, 2.24) is 4.98 Å². The van der Waals surface area contributed by atoms with Crippen LogP contribution in [0.25, 0.3) is 0 Å². The fraction of sp³-hybridized carbons (Fsp3) is 0.375. The lowest BCUT2D eigenvalue weighted by molar-refractivity contribution is 0.151. The van der Waals surface area contributed by atoms with E-state index in [4.69, 9.17) is 23.2 Å². The van der Waals surface area contributed by atoms with Crippen LogP contribution in [-0.2, 0) is 5.88 Å². The Morgan fingerprint density at radius 1 is 1.54 bits per heavy atom. The molecule has 13 heavy (non-hydrogen) atoms. The van der Waals surface area contributed by atoms with Crippen LogP contribution in [0, 0.1) is 6.92 Å². The van der Waals surface area contributed by atoms with E-state index in [0.29, 0.717) is 11.4 Å². The fourth-order valence-electron chi connectivity index (χ4n) is 0.976. The average Bonchev–Trinajstić information content (AvgIpc) is 2.09. The normalized spacial score (nSPS) is 10.9. The Kier molecular flexibility index (Phi) is 3.45. The van der Waals surface area contributed by atoms with E-state index in [0.717, 1.165) is 0 Å². The Labute approximate surface area is 84.7 Å². The van der Waals surface area contributed by atoms with Gasteiger partial charge in [-0.05, 0) is 13.0 Å². The van der Waals surface area contributed by atoms with E-state index in [-0.39, 0.29) is 16.5 Å². The molecule has 0 aliphatic heterocycles. The van der Waals surface area contributed by atoms with Crippen molar-refractivity contribution in [2.45, 2.75) is 19.2 Å². The first-order valence-electron chi connectivity index (χ1n) is 3.56. The summed E-state index contributed by atoms with van der Waals surface area (Å²) in [6, 6.07) is 1.23. The van der Waals surface area contributed by atoms with Gasteiger partial charge in [-0.25, -0.2) is 8.78 Å². The predicted octanol–water partition coefficient (Wildman–Crippen LogP) is 3.72. The van der Waals surface area contributed by atoms with Gasteiger partial charge in [0, 0.05) is 5.56 Å². The summed E-state index contributed by atoms with van der Waals surface area (Å²) in [7, 11) is 0. The second-order valence-corrected chi connectivity index (χ2v) is 3.18. The summed E-state index contributed by atoms with van der Waals surface area (Å²) in [4.78, 5) is 3.94. The van der Waals surface area contributed by atoms with Gasteiger partial charge in [-0.2, -0.15) is 0 Å². The molecular formula is C8H7Cl2F2N. The van der Waals surface area contributed by atoms with Crippen LogP contribution in [-0.4, -0.2) is 4.98 Å². The van der Waals surface area contributed by atoms with Gasteiger partial charge >= 0.3 is 0 Å². The Balaban J connectivity index is 3.25. The van der Waals surface area contributed by atoms with Crippen molar-refractivity contribution in [3.8, 4) is 0 Å². The molecule has 1 aromatic rings. The zero-order valence-corrected chi connectivity index (χ0v) is 8.33. The molecule has 0 amide bonds. The topological polar surface area (TPSA) is 12.9 Å². The molecule has 0 aromatic carbocycles. The quantitative estimate of drug-likeness (QED) is 0.700. The highest BCUT2D eigenvalue weighted by atomic mass is 35.5. The highest BCUT2D eigenvalue weighted by Crippen LogP contribution is 2.29. The molecule has 0 N–H and O–H groups in total. The first-order valence-corrected chi connectivity index (χ1v) is 4.47. The molecule has 0 aliphatic carbocycles. The van der Waals surface area contributed by atoms with Crippen molar-refractivity contribution in [3.63, 3.8) is 0 Å². The standard InChI is InChI=1S/C8H7Cl2F2N/c1-4-7(10)6(8(11)12)2-5(3-9)13-4/h2,8H,3H2,1H3. The van der Waals surface area contributed by atoms with Crippen molar-refractivity contribution in [1.29, 1.82) is 0 Å². The van der Waals surface area contributed by atoms with E-state index < -0.39 is 6.43 Å². The smallest absolute Gasteiger partial charge is 0.255 e. The number of halogens is 4. The lowest BCUT2D eigenvalue weighted by Gasteiger charge is -2.07. The van der Waals surface area contributed by atoms with Gasteiger partial charge in [0.1, 0.15) is 0 Å². The fourth-order valence-corrected chi connectivity index (χ4v) is 1.29. The van der Waals surface area contributed by atoms with E-state index >= 15 is 0 Å². The van der Waals surface area contributed by atoms with Crippen LogP contribution in [0.1, 0.15) is 23.4 Å². The molecule has 0 fully saturated rings. The molecule has 0 aliphatic rings. The van der Waals surface area contributed by atoms with Crippen LogP contribution in [0.15, 0.2) is 6.07 Å². The maximum absolute atomic E-state index is 12.4. The second-order valence-electron chi connectivity index (χ2n) is 2.54. The van der Waals surface area contributed by atoms with Crippen molar-refractivity contribution in [3.05, 3.63) is 28.0 Å². The molecule has 0 bridgehead atoms. The first-order chi connectivity index (χ1) is 6.06. The number of rotatable bonds is 2. The molecule has 0 spiro atoms. The zero-order chi connectivity index (χ0) is 10.0. The highest BCUT2D eigenvalue weighted by molar-refractivity contribution is 6.32. The van der Waals surface area contributed by atoms with E-state index in [2.05, 4.69) is 4.98 Å². The summed E-state index contributed by atoms with van der Waals surface area (Å²) in [5.74, 6) is 0.109. The number of hydrogen-bond acceptors (Lipinski definition) is 1. The summed E-state index contributed by atoms with van der Waals surface area (Å²) in [5, 5.41) is 0.0175. The minimum atomic E-state index is -2.59. The van der Waals surface area contributed by atoms with E-state index in [1.165, 1.54) is 6.07 Å². The monoisotopic (exact) mass is 225 g/mol. The van der Waals surface area contributed by atoms with Crippen LogP contribution in [0.2, 0.25) is 5.02 Å². The third kappa shape index (κ3) is 2.29. The van der Waals surface area contributed by atoms with Gasteiger partial charge in [-0.1, -0.05) is 11.6 Å². The maximum atomic E-state index is 12.4. The van der Waals surface area contributed by atoms with Gasteiger partial charge < -0.3 is 0 Å². The zero-order valence-electron chi connectivity index (χ0n) is 6.82. The third-order valence-electron chi connectivity index (χ3n) is 1.58. The van der Waals surface area contributed by atoms with Gasteiger partial charge in [0.25, 0.3) is 6.43 Å². The van der Waals surface area contributed by atoms with Crippen molar-refractivity contribution in [2.24, 2.45) is 0 Å². The lowest BCUT2D eigenvalue weighted by Crippen LogP contribution is -1.96. The molecule has 1 nitrogen and oxygen atoms in total. The number of pyridine rings is 1. The molecule has 0 atom stereocenters. The minimum Gasteiger partial charge on any atom is -0.255 e. The number of aromatic nitrogens is 1. The highest BCUT2D eigenvalue weighted by Gasteiger charge is 2.15. The number of alkyl halides is 3. The lowest BCUT2D eigenvalue weighted by atomic mass is 10.2.